The zero-order valence-electron chi connectivity index (χ0n) is 16.2. The molecule has 0 aliphatic heterocycles. The maximum Gasteiger partial charge on any atom is 0.262 e. The molecule has 8 heteroatoms. The van der Waals surface area contributed by atoms with Crippen molar-refractivity contribution >= 4 is 45.2 Å². The quantitative estimate of drug-likeness (QED) is 0.576. The lowest BCUT2D eigenvalue weighted by Crippen LogP contribution is -2.10. The van der Waals surface area contributed by atoms with Crippen molar-refractivity contribution in [2.75, 3.05) is 32.0 Å². The molecule has 2 amide bonds. The Labute approximate surface area is 177 Å². The number of carbonyl (C=O) groups is 2. The molecule has 2 aromatic rings. The molecule has 2 rings (SSSR count). The first kappa shape index (κ1) is 22.0. The fourth-order valence-electron chi connectivity index (χ4n) is 2.39. The Bertz CT molecular complexity index is 914. The SMILES string of the molecule is C=C(Br)C(=O)Nc1ccc(/C=C/C(=O)Nc2cc(OC)c(OC)c(OC)c2)cc1. The van der Waals surface area contributed by atoms with Crippen LogP contribution in [0.1, 0.15) is 5.56 Å². The lowest BCUT2D eigenvalue weighted by Gasteiger charge is -2.14. The number of carbonyl (C=O) groups excluding carboxylic acids is 2. The third-order valence-corrected chi connectivity index (χ3v) is 4.13. The van der Waals surface area contributed by atoms with Gasteiger partial charge in [0.05, 0.1) is 25.8 Å². The van der Waals surface area contributed by atoms with E-state index >= 15 is 0 Å². The highest BCUT2D eigenvalue weighted by Crippen LogP contribution is 2.39. The van der Waals surface area contributed by atoms with Gasteiger partial charge in [-0.2, -0.15) is 0 Å². The summed E-state index contributed by atoms with van der Waals surface area (Å²) in [7, 11) is 4.51. The Morgan fingerprint density at radius 3 is 2.00 bits per heavy atom. The number of ether oxygens (including phenoxy) is 3. The van der Waals surface area contributed by atoms with E-state index in [-0.39, 0.29) is 16.3 Å². The first-order chi connectivity index (χ1) is 13.9. The highest BCUT2D eigenvalue weighted by atomic mass is 79.9. The molecule has 0 unspecified atom stereocenters. The van der Waals surface area contributed by atoms with Gasteiger partial charge in [-0.1, -0.05) is 18.7 Å². The van der Waals surface area contributed by atoms with Gasteiger partial charge in [0.2, 0.25) is 11.7 Å². The van der Waals surface area contributed by atoms with Crippen LogP contribution in [0.15, 0.2) is 53.5 Å². The Morgan fingerprint density at radius 1 is 0.931 bits per heavy atom. The van der Waals surface area contributed by atoms with E-state index in [1.165, 1.54) is 27.4 Å². The monoisotopic (exact) mass is 460 g/mol. The zero-order valence-corrected chi connectivity index (χ0v) is 17.8. The van der Waals surface area contributed by atoms with Gasteiger partial charge in [-0.3, -0.25) is 9.59 Å². The second-order valence-corrected chi connectivity index (χ2v) is 6.67. The summed E-state index contributed by atoms with van der Waals surface area (Å²) in [5, 5.41) is 5.42. The fourth-order valence-corrected chi connectivity index (χ4v) is 2.48. The van der Waals surface area contributed by atoms with E-state index in [2.05, 4.69) is 33.1 Å². The van der Waals surface area contributed by atoms with Crippen LogP contribution in [0, 0.1) is 0 Å². The maximum absolute atomic E-state index is 12.2. The average Bonchev–Trinajstić information content (AvgIpc) is 2.72. The normalized spacial score (nSPS) is 10.3. The molecule has 0 atom stereocenters. The lowest BCUT2D eigenvalue weighted by molar-refractivity contribution is -0.112. The average molecular weight is 461 g/mol. The fraction of sp³-hybridized carbons (Fsp3) is 0.143. The molecule has 29 heavy (non-hydrogen) atoms. The molecule has 2 N–H and O–H groups in total. The van der Waals surface area contributed by atoms with E-state index in [1.54, 1.807) is 42.5 Å². The topological polar surface area (TPSA) is 85.9 Å². The number of rotatable bonds is 8. The van der Waals surface area contributed by atoms with Crippen molar-refractivity contribution < 1.29 is 23.8 Å². The molecule has 0 saturated heterocycles. The minimum absolute atomic E-state index is 0.241. The zero-order chi connectivity index (χ0) is 21.4. The van der Waals surface area contributed by atoms with E-state index in [1.807, 2.05) is 0 Å². The van der Waals surface area contributed by atoms with Crippen LogP contribution in [0.4, 0.5) is 11.4 Å². The number of anilines is 2. The van der Waals surface area contributed by atoms with Crippen LogP contribution >= 0.6 is 15.9 Å². The summed E-state index contributed by atoms with van der Waals surface area (Å²) in [6, 6.07) is 10.3. The summed E-state index contributed by atoms with van der Waals surface area (Å²) < 4.78 is 16.0. The lowest BCUT2D eigenvalue weighted by atomic mass is 10.2. The van der Waals surface area contributed by atoms with Gasteiger partial charge in [0.25, 0.3) is 5.91 Å². The standard InChI is InChI=1S/C21H21BrN2O5/c1-13(22)21(26)24-15-8-5-14(6-9-15)7-10-19(25)23-16-11-17(27-2)20(29-4)18(12-16)28-3/h5-12H,1H2,2-4H3,(H,23,25)(H,24,26)/b10-7+. The molecule has 7 nitrogen and oxygen atoms in total. The summed E-state index contributed by atoms with van der Waals surface area (Å²) in [6.07, 6.45) is 3.06. The van der Waals surface area contributed by atoms with Crippen LogP contribution in [0.3, 0.4) is 0 Å². The van der Waals surface area contributed by atoms with Crippen molar-refractivity contribution in [3.05, 3.63) is 59.1 Å². The third kappa shape index (κ3) is 6.11. The van der Waals surface area contributed by atoms with E-state index in [0.717, 1.165) is 5.56 Å². The predicted octanol–water partition coefficient (Wildman–Crippen LogP) is 4.21. The molecule has 0 aromatic heterocycles. The van der Waals surface area contributed by atoms with Gasteiger partial charge in [-0.25, -0.2) is 0 Å². The van der Waals surface area contributed by atoms with Crippen molar-refractivity contribution in [3.63, 3.8) is 0 Å². The van der Waals surface area contributed by atoms with Gasteiger partial charge in [-0.05, 0) is 39.7 Å². The van der Waals surface area contributed by atoms with Crippen molar-refractivity contribution in [1.82, 2.24) is 0 Å². The first-order valence-electron chi connectivity index (χ1n) is 8.42. The number of halogens is 1. The Balaban J connectivity index is 2.06. The minimum Gasteiger partial charge on any atom is -0.493 e. The number of hydrogen-bond acceptors (Lipinski definition) is 5. The van der Waals surface area contributed by atoms with Gasteiger partial charge >= 0.3 is 0 Å². The smallest absolute Gasteiger partial charge is 0.262 e. The summed E-state index contributed by atoms with van der Waals surface area (Å²) in [5.74, 6) is 0.675. The summed E-state index contributed by atoms with van der Waals surface area (Å²) in [5.41, 5.74) is 1.91. The summed E-state index contributed by atoms with van der Waals surface area (Å²) >= 11 is 3.02. The molecule has 0 aliphatic rings. The van der Waals surface area contributed by atoms with Crippen molar-refractivity contribution in [1.29, 1.82) is 0 Å². The van der Waals surface area contributed by atoms with Crippen LogP contribution in [0.5, 0.6) is 17.2 Å². The van der Waals surface area contributed by atoms with Gasteiger partial charge in [0.1, 0.15) is 0 Å². The predicted molar refractivity (Wildman–Crippen MR) is 117 cm³/mol. The summed E-state index contributed by atoms with van der Waals surface area (Å²) in [4.78, 5) is 23.8. The molecule has 0 radical (unpaired) electrons. The maximum atomic E-state index is 12.2. The van der Waals surface area contributed by atoms with Gasteiger partial charge < -0.3 is 24.8 Å². The highest BCUT2D eigenvalue weighted by molar-refractivity contribution is 9.12. The van der Waals surface area contributed by atoms with Gasteiger partial charge in [0, 0.05) is 29.6 Å². The van der Waals surface area contributed by atoms with Crippen molar-refractivity contribution in [3.8, 4) is 17.2 Å². The molecule has 0 aliphatic carbocycles. The second-order valence-electron chi connectivity index (χ2n) is 5.72. The van der Waals surface area contributed by atoms with E-state index in [9.17, 15) is 9.59 Å². The van der Waals surface area contributed by atoms with Gasteiger partial charge in [0.15, 0.2) is 11.5 Å². The Hall–Kier alpha value is -3.26. The number of benzene rings is 2. The molecule has 152 valence electrons. The van der Waals surface area contributed by atoms with Crippen LogP contribution in [0.2, 0.25) is 0 Å². The molecule has 0 spiro atoms. The minimum atomic E-state index is -0.327. The Morgan fingerprint density at radius 2 is 1.52 bits per heavy atom. The van der Waals surface area contributed by atoms with Crippen LogP contribution in [0.25, 0.3) is 6.08 Å². The number of nitrogens with one attached hydrogen (secondary N) is 2. The van der Waals surface area contributed by atoms with Crippen LogP contribution in [-0.4, -0.2) is 33.1 Å². The third-order valence-electron chi connectivity index (χ3n) is 3.77. The van der Waals surface area contributed by atoms with E-state index < -0.39 is 0 Å². The molecule has 0 saturated carbocycles. The van der Waals surface area contributed by atoms with Crippen LogP contribution in [-0.2, 0) is 9.59 Å². The largest absolute Gasteiger partial charge is 0.493 e. The van der Waals surface area contributed by atoms with Crippen LogP contribution < -0.4 is 24.8 Å². The molecular weight excluding hydrogens is 440 g/mol. The molecule has 0 fully saturated rings. The molecule has 0 bridgehead atoms. The number of amides is 2. The molecule has 0 heterocycles. The number of hydrogen-bond donors (Lipinski definition) is 2. The summed E-state index contributed by atoms with van der Waals surface area (Å²) in [6.45, 7) is 3.51. The first-order valence-corrected chi connectivity index (χ1v) is 9.22. The van der Waals surface area contributed by atoms with E-state index in [4.69, 9.17) is 14.2 Å². The number of methoxy groups -OCH3 is 3. The van der Waals surface area contributed by atoms with Gasteiger partial charge in [-0.15, -0.1) is 0 Å². The molecular formula is C21H21BrN2O5. The second kappa shape index (κ2) is 10.3. The Kier molecular flexibility index (Phi) is 7.85. The molecule has 2 aromatic carbocycles. The van der Waals surface area contributed by atoms with Crippen molar-refractivity contribution in [2.45, 2.75) is 0 Å². The van der Waals surface area contributed by atoms with E-state index in [0.29, 0.717) is 28.6 Å². The highest BCUT2D eigenvalue weighted by Gasteiger charge is 2.13. The van der Waals surface area contributed by atoms with Crippen molar-refractivity contribution in [2.24, 2.45) is 0 Å².